The number of anilines is 2. The van der Waals surface area contributed by atoms with Gasteiger partial charge in [-0.15, -0.1) is 0 Å². The fourth-order valence-corrected chi connectivity index (χ4v) is 2.37. The molecule has 24 heavy (non-hydrogen) atoms. The summed E-state index contributed by atoms with van der Waals surface area (Å²) in [4.78, 5) is 23.7. The lowest BCUT2D eigenvalue weighted by atomic mass is 10.2. The van der Waals surface area contributed by atoms with E-state index in [2.05, 4.69) is 10.6 Å². The molecule has 0 fully saturated rings. The number of ether oxygens (including phenoxy) is 1. The second-order valence-electron chi connectivity index (χ2n) is 4.76. The molecule has 2 aromatic carbocycles. The minimum absolute atomic E-state index is 0.0310. The first kappa shape index (κ1) is 18.2. The van der Waals surface area contributed by atoms with Crippen LogP contribution in [-0.4, -0.2) is 25.5 Å². The third-order valence-electron chi connectivity index (χ3n) is 2.93. The summed E-state index contributed by atoms with van der Waals surface area (Å²) in [6.07, 6.45) is 0. The van der Waals surface area contributed by atoms with Crippen LogP contribution in [-0.2, 0) is 9.53 Å². The number of benzene rings is 2. The molecule has 0 aliphatic rings. The van der Waals surface area contributed by atoms with Crippen molar-refractivity contribution in [1.29, 1.82) is 0 Å². The standard InChI is InChI=1S/C16H13Cl2FN2O3/c1-24-8-15(22)20-9-3-2-4-10(5-9)21-16(23)11-6-14(19)13(18)7-12(11)17/h2-7H,8H2,1H3,(H,20,22)(H,21,23). The van der Waals surface area contributed by atoms with E-state index in [0.29, 0.717) is 11.4 Å². The van der Waals surface area contributed by atoms with Crippen molar-refractivity contribution < 1.29 is 18.7 Å². The smallest absolute Gasteiger partial charge is 0.257 e. The maximum absolute atomic E-state index is 13.5. The zero-order valence-electron chi connectivity index (χ0n) is 12.5. The lowest BCUT2D eigenvalue weighted by Gasteiger charge is -2.10. The zero-order chi connectivity index (χ0) is 17.7. The van der Waals surface area contributed by atoms with Crippen LogP contribution in [0.1, 0.15) is 10.4 Å². The number of carbonyl (C=O) groups is 2. The fraction of sp³-hybridized carbons (Fsp3) is 0.125. The molecule has 126 valence electrons. The Labute approximate surface area is 147 Å². The average molecular weight is 371 g/mol. The summed E-state index contributed by atoms with van der Waals surface area (Å²) < 4.78 is 18.2. The first-order valence-electron chi connectivity index (χ1n) is 6.75. The first-order valence-corrected chi connectivity index (χ1v) is 7.51. The molecular weight excluding hydrogens is 358 g/mol. The number of hydrogen-bond donors (Lipinski definition) is 2. The minimum Gasteiger partial charge on any atom is -0.375 e. The molecule has 0 spiro atoms. The van der Waals surface area contributed by atoms with E-state index in [9.17, 15) is 14.0 Å². The van der Waals surface area contributed by atoms with Crippen LogP contribution in [0.3, 0.4) is 0 Å². The third-order valence-corrected chi connectivity index (χ3v) is 3.54. The Morgan fingerprint density at radius 1 is 1.08 bits per heavy atom. The van der Waals surface area contributed by atoms with Crippen molar-refractivity contribution in [2.45, 2.75) is 0 Å². The van der Waals surface area contributed by atoms with Gasteiger partial charge in [-0.1, -0.05) is 29.3 Å². The number of methoxy groups -OCH3 is 1. The van der Waals surface area contributed by atoms with Gasteiger partial charge in [-0.2, -0.15) is 0 Å². The molecule has 2 rings (SSSR count). The molecule has 0 radical (unpaired) electrons. The van der Waals surface area contributed by atoms with Crippen molar-refractivity contribution in [1.82, 2.24) is 0 Å². The summed E-state index contributed by atoms with van der Waals surface area (Å²) >= 11 is 11.5. The van der Waals surface area contributed by atoms with Gasteiger partial charge in [-0.25, -0.2) is 4.39 Å². The molecule has 0 aliphatic carbocycles. The molecule has 0 heterocycles. The van der Waals surface area contributed by atoms with E-state index >= 15 is 0 Å². The Bertz CT molecular complexity index is 784. The fourth-order valence-electron chi connectivity index (χ4n) is 1.90. The van der Waals surface area contributed by atoms with Crippen LogP contribution in [0.15, 0.2) is 36.4 Å². The topological polar surface area (TPSA) is 67.4 Å². The van der Waals surface area contributed by atoms with Gasteiger partial charge in [0.15, 0.2) is 0 Å². The van der Waals surface area contributed by atoms with Crippen LogP contribution in [0.5, 0.6) is 0 Å². The molecule has 2 N–H and O–H groups in total. The highest BCUT2D eigenvalue weighted by Crippen LogP contribution is 2.25. The van der Waals surface area contributed by atoms with Crippen molar-refractivity contribution in [3.63, 3.8) is 0 Å². The average Bonchev–Trinajstić information content (AvgIpc) is 2.51. The van der Waals surface area contributed by atoms with E-state index in [1.165, 1.54) is 7.11 Å². The van der Waals surface area contributed by atoms with Gasteiger partial charge >= 0.3 is 0 Å². The van der Waals surface area contributed by atoms with Crippen LogP contribution >= 0.6 is 23.2 Å². The van der Waals surface area contributed by atoms with Gasteiger partial charge < -0.3 is 15.4 Å². The van der Waals surface area contributed by atoms with E-state index in [-0.39, 0.29) is 28.1 Å². The molecule has 2 amide bonds. The Morgan fingerprint density at radius 3 is 2.42 bits per heavy atom. The summed E-state index contributed by atoms with van der Waals surface area (Å²) in [5.74, 6) is -1.67. The monoisotopic (exact) mass is 370 g/mol. The van der Waals surface area contributed by atoms with Crippen molar-refractivity contribution in [2.24, 2.45) is 0 Å². The molecule has 2 aromatic rings. The Hall–Kier alpha value is -2.15. The van der Waals surface area contributed by atoms with Crippen LogP contribution in [0.25, 0.3) is 0 Å². The predicted octanol–water partition coefficient (Wildman–Crippen LogP) is 3.97. The molecule has 5 nitrogen and oxygen atoms in total. The highest BCUT2D eigenvalue weighted by Gasteiger charge is 2.14. The molecule has 0 saturated carbocycles. The van der Waals surface area contributed by atoms with Gasteiger partial charge in [-0.3, -0.25) is 9.59 Å². The van der Waals surface area contributed by atoms with Gasteiger partial charge in [-0.05, 0) is 30.3 Å². The molecule has 0 saturated heterocycles. The quantitative estimate of drug-likeness (QED) is 0.782. The largest absolute Gasteiger partial charge is 0.375 e. The SMILES string of the molecule is COCC(=O)Nc1cccc(NC(=O)c2cc(F)c(Cl)cc2Cl)c1. The number of halogens is 3. The van der Waals surface area contributed by atoms with Gasteiger partial charge in [0.2, 0.25) is 5.91 Å². The van der Waals surface area contributed by atoms with Crippen LogP contribution < -0.4 is 10.6 Å². The lowest BCUT2D eigenvalue weighted by Crippen LogP contribution is -2.17. The molecule has 0 bridgehead atoms. The third kappa shape index (κ3) is 4.67. The van der Waals surface area contributed by atoms with Gasteiger partial charge in [0.25, 0.3) is 5.91 Å². The van der Waals surface area contributed by atoms with E-state index in [1.54, 1.807) is 24.3 Å². The molecule has 0 aliphatic heterocycles. The number of carbonyl (C=O) groups excluding carboxylic acids is 2. The number of hydrogen-bond acceptors (Lipinski definition) is 3. The summed E-state index contributed by atoms with van der Waals surface area (Å²) in [5.41, 5.74) is 0.831. The predicted molar refractivity (Wildman–Crippen MR) is 91.3 cm³/mol. The minimum atomic E-state index is -0.744. The normalized spacial score (nSPS) is 10.3. The summed E-state index contributed by atoms with van der Waals surface area (Å²) in [7, 11) is 1.41. The highest BCUT2D eigenvalue weighted by molar-refractivity contribution is 6.37. The number of amides is 2. The number of rotatable bonds is 5. The maximum atomic E-state index is 13.5. The van der Waals surface area contributed by atoms with E-state index in [0.717, 1.165) is 12.1 Å². The summed E-state index contributed by atoms with van der Waals surface area (Å²) in [6.45, 7) is -0.0871. The maximum Gasteiger partial charge on any atom is 0.257 e. The highest BCUT2D eigenvalue weighted by atomic mass is 35.5. The Morgan fingerprint density at radius 2 is 1.75 bits per heavy atom. The van der Waals surface area contributed by atoms with Crippen LogP contribution in [0.4, 0.5) is 15.8 Å². The van der Waals surface area contributed by atoms with E-state index in [4.69, 9.17) is 27.9 Å². The van der Waals surface area contributed by atoms with Crippen LogP contribution in [0, 0.1) is 5.82 Å². The zero-order valence-corrected chi connectivity index (χ0v) is 14.0. The van der Waals surface area contributed by atoms with Gasteiger partial charge in [0.1, 0.15) is 12.4 Å². The summed E-state index contributed by atoms with van der Waals surface area (Å²) in [5, 5.41) is 5.04. The van der Waals surface area contributed by atoms with Gasteiger partial charge in [0, 0.05) is 18.5 Å². The second kappa shape index (κ2) is 8.10. The summed E-state index contributed by atoms with van der Waals surface area (Å²) in [6, 6.07) is 8.58. The van der Waals surface area contributed by atoms with Crippen molar-refractivity contribution in [3.05, 3.63) is 57.8 Å². The van der Waals surface area contributed by atoms with Crippen molar-refractivity contribution >= 4 is 46.4 Å². The Balaban J connectivity index is 2.15. The van der Waals surface area contributed by atoms with Crippen LogP contribution in [0.2, 0.25) is 10.0 Å². The molecule has 0 atom stereocenters. The first-order chi connectivity index (χ1) is 11.4. The molecule has 0 unspecified atom stereocenters. The number of nitrogens with one attached hydrogen (secondary N) is 2. The molecule has 8 heteroatoms. The molecular formula is C16H13Cl2FN2O3. The van der Waals surface area contributed by atoms with Gasteiger partial charge in [0.05, 0.1) is 15.6 Å². The second-order valence-corrected chi connectivity index (χ2v) is 5.58. The van der Waals surface area contributed by atoms with E-state index in [1.807, 2.05) is 0 Å². The lowest BCUT2D eigenvalue weighted by molar-refractivity contribution is -0.119. The molecule has 0 aromatic heterocycles. The van der Waals surface area contributed by atoms with Crippen molar-refractivity contribution in [3.8, 4) is 0 Å². The van der Waals surface area contributed by atoms with E-state index < -0.39 is 11.7 Å². The van der Waals surface area contributed by atoms with Crippen molar-refractivity contribution in [2.75, 3.05) is 24.4 Å². The Kier molecular flexibility index (Phi) is 6.14.